The highest BCUT2D eigenvalue weighted by Gasteiger charge is 2.33. The molecular formula is C13H18N2O. The lowest BCUT2D eigenvalue weighted by Gasteiger charge is -2.30. The van der Waals surface area contributed by atoms with E-state index in [0.29, 0.717) is 23.9 Å². The zero-order valence-electron chi connectivity index (χ0n) is 9.32. The lowest BCUT2D eigenvalue weighted by Crippen LogP contribution is -2.43. The van der Waals surface area contributed by atoms with Crippen molar-refractivity contribution >= 4 is 5.69 Å². The Morgan fingerprint density at radius 2 is 1.69 bits per heavy atom. The molecule has 2 aliphatic rings. The van der Waals surface area contributed by atoms with Crippen LogP contribution in [0.2, 0.25) is 0 Å². The summed E-state index contributed by atoms with van der Waals surface area (Å²) in [4.78, 5) is 0. The maximum Gasteiger partial charge on any atom is 0.115 e. The second-order valence-corrected chi connectivity index (χ2v) is 5.00. The highest BCUT2D eigenvalue weighted by molar-refractivity contribution is 5.46. The van der Waals surface area contributed by atoms with Crippen LogP contribution in [0.3, 0.4) is 0 Å². The van der Waals surface area contributed by atoms with Crippen LogP contribution in [0.15, 0.2) is 24.3 Å². The summed E-state index contributed by atoms with van der Waals surface area (Å²) in [6, 6.07) is 9.37. The minimum atomic E-state index is 0.330. The van der Waals surface area contributed by atoms with E-state index in [-0.39, 0.29) is 0 Å². The lowest BCUT2D eigenvalue weighted by molar-refractivity contribution is 0.378. The Kier molecular flexibility index (Phi) is 2.48. The predicted octanol–water partition coefficient (Wildman–Crippen LogP) is 2.09. The van der Waals surface area contributed by atoms with E-state index in [1.807, 2.05) is 12.1 Å². The van der Waals surface area contributed by atoms with Crippen molar-refractivity contribution in [2.45, 2.75) is 43.8 Å². The Bertz CT molecular complexity index is 351. The van der Waals surface area contributed by atoms with E-state index in [1.54, 1.807) is 12.1 Å². The molecule has 0 radical (unpaired) electrons. The van der Waals surface area contributed by atoms with Crippen molar-refractivity contribution in [3.63, 3.8) is 0 Å². The van der Waals surface area contributed by atoms with Crippen LogP contribution < -0.4 is 10.6 Å². The molecule has 2 fully saturated rings. The summed E-state index contributed by atoms with van der Waals surface area (Å²) in [5.74, 6) is 0.330. The Morgan fingerprint density at radius 3 is 2.31 bits per heavy atom. The number of phenols is 1. The maximum absolute atomic E-state index is 9.22. The molecule has 1 aromatic carbocycles. The van der Waals surface area contributed by atoms with Gasteiger partial charge in [-0.1, -0.05) is 0 Å². The van der Waals surface area contributed by atoms with Gasteiger partial charge in [0.1, 0.15) is 5.75 Å². The summed E-state index contributed by atoms with van der Waals surface area (Å²) in [5.41, 5.74) is 1.11. The third-order valence-corrected chi connectivity index (χ3v) is 3.71. The summed E-state index contributed by atoms with van der Waals surface area (Å²) < 4.78 is 0. The minimum Gasteiger partial charge on any atom is -0.508 e. The molecule has 0 saturated carbocycles. The van der Waals surface area contributed by atoms with Crippen molar-refractivity contribution in [1.29, 1.82) is 0 Å². The number of hydrogen-bond acceptors (Lipinski definition) is 3. The van der Waals surface area contributed by atoms with Crippen LogP contribution in [-0.4, -0.2) is 23.2 Å². The van der Waals surface area contributed by atoms with Gasteiger partial charge < -0.3 is 15.7 Å². The molecule has 0 aromatic heterocycles. The SMILES string of the molecule is Oc1ccc(NC2CC3CCC(C2)N3)cc1. The van der Waals surface area contributed by atoms with Crippen molar-refractivity contribution in [3.8, 4) is 5.75 Å². The zero-order chi connectivity index (χ0) is 11.0. The summed E-state index contributed by atoms with van der Waals surface area (Å²) in [5, 5.41) is 16.4. The number of rotatable bonds is 2. The molecule has 2 aliphatic heterocycles. The van der Waals surface area contributed by atoms with Crippen molar-refractivity contribution in [2.24, 2.45) is 0 Å². The first-order chi connectivity index (χ1) is 7.79. The molecule has 1 aromatic rings. The van der Waals surface area contributed by atoms with E-state index >= 15 is 0 Å². The molecule has 2 bridgehead atoms. The van der Waals surface area contributed by atoms with Crippen LogP contribution >= 0.6 is 0 Å². The quantitative estimate of drug-likeness (QED) is 0.666. The Hall–Kier alpha value is -1.22. The third-order valence-electron chi connectivity index (χ3n) is 3.71. The molecule has 2 heterocycles. The number of piperidine rings is 1. The number of fused-ring (bicyclic) bond motifs is 2. The molecule has 0 aliphatic carbocycles. The maximum atomic E-state index is 9.22. The van der Waals surface area contributed by atoms with E-state index in [4.69, 9.17) is 0 Å². The van der Waals surface area contributed by atoms with Gasteiger partial charge in [0.05, 0.1) is 0 Å². The monoisotopic (exact) mass is 218 g/mol. The summed E-state index contributed by atoms with van der Waals surface area (Å²) >= 11 is 0. The van der Waals surface area contributed by atoms with Crippen LogP contribution in [0.25, 0.3) is 0 Å². The van der Waals surface area contributed by atoms with Gasteiger partial charge in [-0.25, -0.2) is 0 Å². The van der Waals surface area contributed by atoms with Crippen LogP contribution in [0.5, 0.6) is 5.75 Å². The molecule has 2 atom stereocenters. The fraction of sp³-hybridized carbons (Fsp3) is 0.538. The van der Waals surface area contributed by atoms with Crippen LogP contribution in [0, 0.1) is 0 Å². The summed E-state index contributed by atoms with van der Waals surface area (Å²) in [7, 11) is 0. The number of nitrogens with one attached hydrogen (secondary N) is 2. The average Bonchev–Trinajstić information content (AvgIpc) is 2.62. The van der Waals surface area contributed by atoms with Crippen molar-refractivity contribution in [2.75, 3.05) is 5.32 Å². The average molecular weight is 218 g/mol. The number of aromatic hydroxyl groups is 1. The third kappa shape index (κ3) is 2.00. The second-order valence-electron chi connectivity index (χ2n) is 5.00. The summed E-state index contributed by atoms with van der Waals surface area (Å²) in [6.45, 7) is 0. The first-order valence-electron chi connectivity index (χ1n) is 6.11. The normalized spacial score (nSPS) is 32.6. The Morgan fingerprint density at radius 1 is 1.06 bits per heavy atom. The highest BCUT2D eigenvalue weighted by Crippen LogP contribution is 2.28. The highest BCUT2D eigenvalue weighted by atomic mass is 16.3. The zero-order valence-corrected chi connectivity index (χ0v) is 9.32. The molecular weight excluding hydrogens is 200 g/mol. The molecule has 2 unspecified atom stereocenters. The first kappa shape index (κ1) is 9.97. The molecule has 3 nitrogen and oxygen atoms in total. The lowest BCUT2D eigenvalue weighted by atomic mass is 9.99. The fourth-order valence-electron chi connectivity index (χ4n) is 2.97. The predicted molar refractivity (Wildman–Crippen MR) is 64.7 cm³/mol. The van der Waals surface area contributed by atoms with E-state index < -0.39 is 0 Å². The van der Waals surface area contributed by atoms with Gasteiger partial charge in [0, 0.05) is 23.8 Å². The van der Waals surface area contributed by atoms with E-state index in [2.05, 4.69) is 10.6 Å². The van der Waals surface area contributed by atoms with E-state index in [0.717, 1.165) is 5.69 Å². The van der Waals surface area contributed by atoms with Gasteiger partial charge in [0.15, 0.2) is 0 Å². The molecule has 0 amide bonds. The fourth-order valence-corrected chi connectivity index (χ4v) is 2.97. The number of phenolic OH excluding ortho intramolecular Hbond substituents is 1. The number of anilines is 1. The molecule has 3 heteroatoms. The van der Waals surface area contributed by atoms with Gasteiger partial charge in [-0.2, -0.15) is 0 Å². The van der Waals surface area contributed by atoms with Gasteiger partial charge in [0.25, 0.3) is 0 Å². The second kappa shape index (κ2) is 3.98. The van der Waals surface area contributed by atoms with Gasteiger partial charge >= 0.3 is 0 Å². The van der Waals surface area contributed by atoms with Crippen LogP contribution in [0.1, 0.15) is 25.7 Å². The van der Waals surface area contributed by atoms with Crippen molar-refractivity contribution < 1.29 is 5.11 Å². The molecule has 86 valence electrons. The largest absolute Gasteiger partial charge is 0.508 e. The summed E-state index contributed by atoms with van der Waals surface area (Å²) in [6.07, 6.45) is 5.10. The van der Waals surface area contributed by atoms with Crippen LogP contribution in [0.4, 0.5) is 5.69 Å². The number of hydrogen-bond donors (Lipinski definition) is 3. The minimum absolute atomic E-state index is 0.330. The standard InChI is InChI=1S/C13H18N2O/c16-13-5-3-9(4-6-13)14-12-7-10-1-2-11(8-12)15-10/h3-6,10-12,14-16H,1-2,7-8H2. The molecule has 0 spiro atoms. The van der Waals surface area contributed by atoms with E-state index in [9.17, 15) is 5.11 Å². The van der Waals surface area contributed by atoms with E-state index in [1.165, 1.54) is 25.7 Å². The molecule has 16 heavy (non-hydrogen) atoms. The van der Waals surface area contributed by atoms with Gasteiger partial charge in [-0.05, 0) is 49.9 Å². The Balaban J connectivity index is 1.64. The van der Waals surface area contributed by atoms with Crippen LogP contribution in [-0.2, 0) is 0 Å². The smallest absolute Gasteiger partial charge is 0.115 e. The first-order valence-corrected chi connectivity index (χ1v) is 6.11. The Labute approximate surface area is 95.9 Å². The van der Waals surface area contributed by atoms with Gasteiger partial charge in [-0.3, -0.25) is 0 Å². The van der Waals surface area contributed by atoms with Gasteiger partial charge in [-0.15, -0.1) is 0 Å². The van der Waals surface area contributed by atoms with Gasteiger partial charge in [0.2, 0.25) is 0 Å². The van der Waals surface area contributed by atoms with Crippen molar-refractivity contribution in [3.05, 3.63) is 24.3 Å². The number of benzene rings is 1. The molecule has 2 saturated heterocycles. The topological polar surface area (TPSA) is 44.3 Å². The van der Waals surface area contributed by atoms with Crippen molar-refractivity contribution in [1.82, 2.24) is 5.32 Å². The molecule has 3 N–H and O–H groups in total. The molecule has 3 rings (SSSR count).